The highest BCUT2D eigenvalue weighted by atomic mass is 16.5. The number of urea groups is 1. The van der Waals surface area contributed by atoms with Crippen LogP contribution in [0.15, 0.2) is 0 Å². The number of hydrazine groups is 1. The lowest BCUT2D eigenvalue weighted by molar-refractivity contribution is -0.147. The molecule has 2 rings (SSSR count). The standard InChI is InChI=1S/C10H17N3O5/c14-9(15)8-7-18-6-3-13(8)10(16)11-12-1-4-17-5-2-12/h8H,1-7H2,(H,11,16)(H,14,15). The number of hydrogen-bond donors (Lipinski definition) is 2. The largest absolute Gasteiger partial charge is 0.480 e. The molecule has 2 amide bonds. The van der Waals surface area contributed by atoms with E-state index in [1.807, 2.05) is 0 Å². The zero-order valence-corrected chi connectivity index (χ0v) is 10.0. The van der Waals surface area contributed by atoms with Gasteiger partial charge < -0.3 is 19.5 Å². The Morgan fingerprint density at radius 1 is 1.11 bits per heavy atom. The van der Waals surface area contributed by atoms with Crippen LogP contribution in [0.1, 0.15) is 0 Å². The number of amides is 2. The highest BCUT2D eigenvalue weighted by Crippen LogP contribution is 2.08. The molecule has 0 saturated carbocycles. The predicted molar refractivity (Wildman–Crippen MR) is 59.9 cm³/mol. The number of nitrogens with zero attached hydrogens (tertiary/aromatic N) is 2. The summed E-state index contributed by atoms with van der Waals surface area (Å²) in [5, 5.41) is 10.8. The van der Waals surface area contributed by atoms with Gasteiger partial charge >= 0.3 is 12.0 Å². The van der Waals surface area contributed by atoms with E-state index < -0.39 is 18.0 Å². The molecule has 0 aromatic heterocycles. The molecule has 0 bridgehead atoms. The maximum absolute atomic E-state index is 12.0. The molecule has 1 atom stereocenters. The highest BCUT2D eigenvalue weighted by Gasteiger charge is 2.33. The molecular formula is C10H17N3O5. The van der Waals surface area contributed by atoms with Crippen LogP contribution in [0, 0.1) is 0 Å². The van der Waals surface area contributed by atoms with Gasteiger partial charge in [-0.2, -0.15) is 0 Å². The molecule has 2 aliphatic rings. The van der Waals surface area contributed by atoms with E-state index in [0.29, 0.717) is 32.9 Å². The summed E-state index contributed by atoms with van der Waals surface area (Å²) in [6, 6.07) is -1.31. The third-order valence-electron chi connectivity index (χ3n) is 2.94. The molecular weight excluding hydrogens is 242 g/mol. The number of hydrogen-bond acceptors (Lipinski definition) is 5. The molecule has 2 aliphatic heterocycles. The highest BCUT2D eigenvalue weighted by molar-refractivity contribution is 5.82. The first-order valence-corrected chi connectivity index (χ1v) is 5.89. The zero-order chi connectivity index (χ0) is 13.0. The van der Waals surface area contributed by atoms with E-state index in [-0.39, 0.29) is 13.2 Å². The van der Waals surface area contributed by atoms with Crippen LogP contribution in [0.4, 0.5) is 4.79 Å². The molecule has 0 radical (unpaired) electrons. The SMILES string of the molecule is O=C(O)C1COCCN1C(=O)NN1CCOCC1. The average molecular weight is 259 g/mol. The smallest absolute Gasteiger partial charge is 0.332 e. The lowest BCUT2D eigenvalue weighted by Gasteiger charge is -2.35. The van der Waals surface area contributed by atoms with Crippen molar-refractivity contribution in [2.75, 3.05) is 46.1 Å². The van der Waals surface area contributed by atoms with Crippen molar-refractivity contribution in [1.29, 1.82) is 0 Å². The number of nitrogens with one attached hydrogen (secondary N) is 1. The number of carbonyl (C=O) groups excluding carboxylic acids is 1. The van der Waals surface area contributed by atoms with E-state index in [4.69, 9.17) is 14.6 Å². The first-order valence-electron chi connectivity index (χ1n) is 5.89. The van der Waals surface area contributed by atoms with Crippen molar-refractivity contribution < 1.29 is 24.2 Å². The third-order valence-corrected chi connectivity index (χ3v) is 2.94. The Bertz CT molecular complexity index is 319. The van der Waals surface area contributed by atoms with Gasteiger partial charge in [-0.15, -0.1) is 0 Å². The summed E-state index contributed by atoms with van der Waals surface area (Å²) in [6.45, 7) is 3.01. The normalized spacial score (nSPS) is 25.8. The Balaban J connectivity index is 1.91. The molecule has 8 nitrogen and oxygen atoms in total. The van der Waals surface area contributed by atoms with Crippen LogP contribution in [0.25, 0.3) is 0 Å². The number of rotatable bonds is 2. The van der Waals surface area contributed by atoms with E-state index in [1.54, 1.807) is 5.01 Å². The maximum atomic E-state index is 12.0. The monoisotopic (exact) mass is 259 g/mol. The maximum Gasteiger partial charge on any atom is 0.332 e. The minimum Gasteiger partial charge on any atom is -0.480 e. The molecule has 2 saturated heterocycles. The summed E-state index contributed by atoms with van der Waals surface area (Å²) in [7, 11) is 0. The van der Waals surface area contributed by atoms with Crippen molar-refractivity contribution in [3.63, 3.8) is 0 Å². The van der Waals surface area contributed by atoms with Crippen LogP contribution >= 0.6 is 0 Å². The fourth-order valence-electron chi connectivity index (χ4n) is 1.93. The van der Waals surface area contributed by atoms with E-state index in [2.05, 4.69) is 5.43 Å². The Labute approximate surface area is 104 Å². The first kappa shape index (κ1) is 13.1. The van der Waals surface area contributed by atoms with E-state index in [1.165, 1.54) is 4.90 Å². The van der Waals surface area contributed by atoms with Crippen LogP contribution in [0.2, 0.25) is 0 Å². The molecule has 1 unspecified atom stereocenters. The first-order chi connectivity index (χ1) is 8.68. The van der Waals surface area contributed by atoms with Gasteiger partial charge in [-0.05, 0) is 0 Å². The second-order valence-electron chi connectivity index (χ2n) is 4.14. The van der Waals surface area contributed by atoms with Gasteiger partial charge in [0, 0.05) is 19.6 Å². The molecule has 0 spiro atoms. The van der Waals surface area contributed by atoms with Crippen molar-refractivity contribution in [2.24, 2.45) is 0 Å². The zero-order valence-electron chi connectivity index (χ0n) is 10.0. The third kappa shape index (κ3) is 3.09. The summed E-state index contributed by atoms with van der Waals surface area (Å²) in [4.78, 5) is 24.3. The van der Waals surface area contributed by atoms with Gasteiger partial charge in [-0.3, -0.25) is 5.43 Å². The van der Waals surface area contributed by atoms with Gasteiger partial charge in [0.05, 0.1) is 26.4 Å². The molecule has 8 heteroatoms. The molecule has 2 heterocycles. The van der Waals surface area contributed by atoms with Gasteiger partial charge in [0.15, 0.2) is 6.04 Å². The Morgan fingerprint density at radius 3 is 2.44 bits per heavy atom. The second-order valence-corrected chi connectivity index (χ2v) is 4.14. The van der Waals surface area contributed by atoms with Crippen LogP contribution in [-0.2, 0) is 14.3 Å². The topological polar surface area (TPSA) is 91.3 Å². The number of carbonyl (C=O) groups is 2. The predicted octanol–water partition coefficient (Wildman–Crippen LogP) is -1.27. The summed E-state index contributed by atoms with van der Waals surface area (Å²) in [6.07, 6.45) is 0. The molecule has 0 aromatic carbocycles. The second kappa shape index (κ2) is 5.98. The lowest BCUT2D eigenvalue weighted by Crippen LogP contribution is -2.59. The number of morpholine rings is 2. The molecule has 0 aliphatic carbocycles. The van der Waals surface area contributed by atoms with Gasteiger partial charge in [0.25, 0.3) is 0 Å². The van der Waals surface area contributed by atoms with Crippen molar-refractivity contribution in [3.05, 3.63) is 0 Å². The van der Waals surface area contributed by atoms with Crippen molar-refractivity contribution >= 4 is 12.0 Å². The van der Waals surface area contributed by atoms with Gasteiger partial charge in [0.2, 0.25) is 0 Å². The molecule has 2 fully saturated rings. The fourth-order valence-corrected chi connectivity index (χ4v) is 1.93. The summed E-state index contributed by atoms with van der Waals surface area (Å²) in [5.41, 5.74) is 2.69. The lowest BCUT2D eigenvalue weighted by atomic mass is 10.2. The molecule has 18 heavy (non-hydrogen) atoms. The Kier molecular flexibility index (Phi) is 4.34. The minimum absolute atomic E-state index is 0.0336. The Hall–Kier alpha value is -1.38. The number of ether oxygens (including phenoxy) is 2. The van der Waals surface area contributed by atoms with E-state index in [0.717, 1.165) is 0 Å². The quantitative estimate of drug-likeness (QED) is 0.642. The number of carboxylic acid groups (broad SMARTS) is 1. The summed E-state index contributed by atoms with van der Waals surface area (Å²) < 4.78 is 10.2. The van der Waals surface area contributed by atoms with Crippen molar-refractivity contribution in [3.8, 4) is 0 Å². The fraction of sp³-hybridized carbons (Fsp3) is 0.800. The summed E-state index contributed by atoms with van der Waals surface area (Å²) in [5.74, 6) is -1.05. The summed E-state index contributed by atoms with van der Waals surface area (Å²) >= 11 is 0. The van der Waals surface area contributed by atoms with Gasteiger partial charge in [-0.1, -0.05) is 0 Å². The van der Waals surface area contributed by atoms with E-state index in [9.17, 15) is 9.59 Å². The molecule has 2 N–H and O–H groups in total. The Morgan fingerprint density at radius 2 is 1.78 bits per heavy atom. The number of carboxylic acids is 1. The van der Waals surface area contributed by atoms with Crippen LogP contribution < -0.4 is 5.43 Å². The van der Waals surface area contributed by atoms with Gasteiger partial charge in [-0.25, -0.2) is 14.6 Å². The minimum atomic E-state index is -1.05. The molecule has 102 valence electrons. The van der Waals surface area contributed by atoms with E-state index >= 15 is 0 Å². The van der Waals surface area contributed by atoms with Gasteiger partial charge in [0.1, 0.15) is 0 Å². The number of aliphatic carboxylic acids is 1. The van der Waals surface area contributed by atoms with Crippen molar-refractivity contribution in [1.82, 2.24) is 15.3 Å². The average Bonchev–Trinajstić information content (AvgIpc) is 2.40. The molecule has 0 aromatic rings. The van der Waals surface area contributed by atoms with Crippen molar-refractivity contribution in [2.45, 2.75) is 6.04 Å². The van der Waals surface area contributed by atoms with Crippen LogP contribution in [0.3, 0.4) is 0 Å². The van der Waals surface area contributed by atoms with Crippen LogP contribution in [0.5, 0.6) is 0 Å². The van der Waals surface area contributed by atoms with Crippen LogP contribution in [-0.4, -0.2) is 79.1 Å².